The minimum atomic E-state index is -0.864. The van der Waals surface area contributed by atoms with Gasteiger partial charge in [-0.25, -0.2) is 19.2 Å². The zero-order chi connectivity index (χ0) is 39.2. The predicted octanol–water partition coefficient (Wildman–Crippen LogP) is 4.40. The van der Waals surface area contributed by atoms with Crippen LogP contribution in [0.4, 0.5) is 14.4 Å². The van der Waals surface area contributed by atoms with Crippen LogP contribution >= 0.6 is 0 Å². The molecule has 0 unspecified atom stereocenters. The summed E-state index contributed by atoms with van der Waals surface area (Å²) in [5, 5.41) is 11.0. The Labute approximate surface area is 300 Å². The number of carbonyl (C=O) groups excluding carboxylic acids is 5. The molecule has 14 nitrogen and oxygen atoms in total. The topological polar surface area (TPSA) is 190 Å². The van der Waals surface area contributed by atoms with Gasteiger partial charge in [0.1, 0.15) is 23.3 Å². The van der Waals surface area contributed by atoms with E-state index in [0.29, 0.717) is 19.0 Å². The lowest BCUT2D eigenvalue weighted by Gasteiger charge is -2.37. The number of urea groups is 1. The highest BCUT2D eigenvalue weighted by Crippen LogP contribution is 2.65. The number of fused-ring (bicyclic) bond motifs is 1. The number of amides is 5. The van der Waals surface area contributed by atoms with Crippen molar-refractivity contribution in [3.05, 3.63) is 0 Å². The van der Waals surface area contributed by atoms with Crippen molar-refractivity contribution >= 4 is 30.1 Å². The van der Waals surface area contributed by atoms with Gasteiger partial charge in [-0.1, -0.05) is 62.3 Å². The number of nitrogens with zero attached hydrogens (tertiary/aromatic N) is 1. The van der Waals surface area contributed by atoms with Gasteiger partial charge in [0.15, 0.2) is 0 Å². The van der Waals surface area contributed by atoms with Gasteiger partial charge in [-0.3, -0.25) is 4.79 Å². The Hall–Kier alpha value is -3.29. The summed E-state index contributed by atoms with van der Waals surface area (Å²) in [4.78, 5) is 64.2. The van der Waals surface area contributed by atoms with Crippen molar-refractivity contribution in [3.8, 4) is 0 Å². The summed E-state index contributed by atoms with van der Waals surface area (Å²) in [6.07, 6.45) is -0.976. The Morgan fingerprint density at radius 3 is 1.68 bits per heavy atom. The van der Waals surface area contributed by atoms with E-state index in [2.05, 4.69) is 35.1 Å². The molecular formula is C36H68N6O8. The van der Waals surface area contributed by atoms with Gasteiger partial charge in [0.25, 0.3) is 0 Å². The van der Waals surface area contributed by atoms with Gasteiger partial charge in [-0.2, -0.15) is 0 Å². The number of alkyl carbamates (subject to hydrolysis) is 2. The van der Waals surface area contributed by atoms with Crippen LogP contribution in [0, 0.1) is 34.5 Å². The molecule has 5 amide bonds. The highest BCUT2D eigenvalue weighted by Gasteiger charge is 2.70. The number of nitrogens with one attached hydrogen (secondary N) is 4. The maximum absolute atomic E-state index is 13.7. The second-order valence-corrected chi connectivity index (χ2v) is 17.9. The standard InChI is InChI=1S/C26H46N4O6.C10H22N2O2/c1-14(2)16(12-27-23(34)36-25(6,7)8)28-22(33)29-19(24(3,4)5)20(31)30-13-15-17(26(15,9)10)18(30)21(32)35-11;1-7(2)8(11)6-12-9(13)14-10(3,4)5/h14-19H,12-13H2,1-11H3,(H,27,34)(H2,28,29,33);7-8H,6,11H2,1-5H3,(H,12,13)/t15-,16+,17-,18-,19+;8-/m01/s1. The highest BCUT2D eigenvalue weighted by molar-refractivity contribution is 5.92. The molecule has 2 aliphatic rings. The second-order valence-electron chi connectivity index (χ2n) is 17.9. The fourth-order valence-electron chi connectivity index (χ4n) is 5.77. The van der Waals surface area contributed by atoms with Crippen molar-refractivity contribution in [1.82, 2.24) is 26.2 Å². The van der Waals surface area contributed by atoms with E-state index in [9.17, 15) is 24.0 Å². The molecule has 0 radical (unpaired) electrons. The van der Waals surface area contributed by atoms with E-state index in [1.165, 1.54) is 7.11 Å². The molecule has 0 bridgehead atoms. The van der Waals surface area contributed by atoms with Crippen molar-refractivity contribution in [3.63, 3.8) is 0 Å². The van der Waals surface area contributed by atoms with Crippen molar-refractivity contribution in [2.24, 2.45) is 40.2 Å². The van der Waals surface area contributed by atoms with Crippen LogP contribution in [0.25, 0.3) is 0 Å². The molecule has 1 aliphatic heterocycles. The molecule has 14 heteroatoms. The van der Waals surface area contributed by atoms with Crippen molar-refractivity contribution in [1.29, 1.82) is 0 Å². The van der Waals surface area contributed by atoms with Gasteiger partial charge in [-0.15, -0.1) is 0 Å². The van der Waals surface area contributed by atoms with Crippen LogP contribution in [0.2, 0.25) is 0 Å². The fourth-order valence-corrected chi connectivity index (χ4v) is 5.77. The number of hydrogen-bond donors (Lipinski definition) is 5. The third-order valence-electron chi connectivity index (χ3n) is 9.05. The number of methoxy groups -OCH3 is 1. The van der Waals surface area contributed by atoms with Crippen molar-refractivity contribution in [2.45, 2.75) is 139 Å². The normalized spacial score (nSPS) is 21.4. The van der Waals surface area contributed by atoms with Crippen LogP contribution in [-0.4, -0.2) is 97.1 Å². The third-order valence-corrected chi connectivity index (χ3v) is 9.05. The number of hydrogen-bond acceptors (Lipinski definition) is 9. The van der Waals surface area contributed by atoms with E-state index in [0.717, 1.165) is 0 Å². The Morgan fingerprint density at radius 2 is 1.28 bits per heavy atom. The van der Waals surface area contributed by atoms with Gasteiger partial charge in [-0.05, 0) is 70.1 Å². The first-order valence-corrected chi connectivity index (χ1v) is 17.7. The molecule has 1 saturated carbocycles. The van der Waals surface area contributed by atoms with Gasteiger partial charge >= 0.3 is 24.2 Å². The highest BCUT2D eigenvalue weighted by atomic mass is 16.6. The molecule has 50 heavy (non-hydrogen) atoms. The van der Waals surface area contributed by atoms with Crippen LogP contribution in [0.3, 0.4) is 0 Å². The van der Waals surface area contributed by atoms with Gasteiger partial charge in [0, 0.05) is 31.6 Å². The molecule has 1 saturated heterocycles. The molecular weight excluding hydrogens is 644 g/mol. The first-order chi connectivity index (χ1) is 22.5. The van der Waals surface area contributed by atoms with Crippen LogP contribution < -0.4 is 27.0 Å². The SMILES string of the molecule is CC(C)[C@H](N)CNC(=O)OC(C)(C)C.COC(=O)[C@@H]1[C@@H]2[C@H](CN1C(=O)[C@@H](NC(=O)N[C@H](CNC(=O)OC(C)(C)C)C(C)C)C(C)(C)C)C2(C)C. The van der Waals surface area contributed by atoms with Gasteiger partial charge in [0.05, 0.1) is 13.2 Å². The van der Waals surface area contributed by atoms with Crippen molar-refractivity contribution in [2.75, 3.05) is 26.7 Å². The zero-order valence-corrected chi connectivity index (χ0v) is 33.5. The van der Waals surface area contributed by atoms with E-state index in [1.807, 2.05) is 69.2 Å². The largest absolute Gasteiger partial charge is 0.467 e. The first-order valence-electron chi connectivity index (χ1n) is 17.7. The molecule has 0 aromatic rings. The number of nitrogens with two attached hydrogens (primary N) is 1. The molecule has 6 atom stereocenters. The molecule has 0 aromatic heterocycles. The maximum atomic E-state index is 13.7. The summed E-state index contributed by atoms with van der Waals surface area (Å²) >= 11 is 0. The van der Waals surface area contributed by atoms with Gasteiger partial charge < -0.3 is 46.1 Å². The molecule has 2 fully saturated rings. The summed E-state index contributed by atoms with van der Waals surface area (Å²) in [7, 11) is 1.33. The molecule has 1 heterocycles. The number of likely N-dealkylation sites (tertiary alicyclic amines) is 1. The Morgan fingerprint density at radius 1 is 0.800 bits per heavy atom. The Bertz CT molecular complexity index is 1180. The molecule has 0 aromatic carbocycles. The summed E-state index contributed by atoms with van der Waals surface area (Å²) in [6, 6.07) is -2.46. The molecule has 2 rings (SSSR count). The Balaban J connectivity index is 0.000000751. The summed E-state index contributed by atoms with van der Waals surface area (Å²) in [5.74, 6) is -0.0940. The summed E-state index contributed by atoms with van der Waals surface area (Å²) in [5.41, 5.74) is 4.04. The maximum Gasteiger partial charge on any atom is 0.407 e. The quantitative estimate of drug-likeness (QED) is 0.161. The van der Waals surface area contributed by atoms with Crippen LogP contribution in [0.15, 0.2) is 0 Å². The number of rotatable bonds is 10. The molecule has 0 spiro atoms. The van der Waals surface area contributed by atoms with E-state index in [1.54, 1.807) is 25.7 Å². The molecule has 1 aliphatic carbocycles. The smallest absolute Gasteiger partial charge is 0.407 e. The first kappa shape index (κ1) is 44.7. The predicted molar refractivity (Wildman–Crippen MR) is 193 cm³/mol. The van der Waals surface area contributed by atoms with E-state index in [-0.39, 0.29) is 41.7 Å². The number of piperidine rings is 1. The lowest BCUT2D eigenvalue weighted by atomic mass is 9.85. The van der Waals surface area contributed by atoms with E-state index >= 15 is 0 Å². The lowest BCUT2D eigenvalue weighted by molar-refractivity contribution is -0.154. The van der Waals surface area contributed by atoms with Crippen LogP contribution in [0.1, 0.15) is 104 Å². The Kier molecular flexibility index (Phi) is 15.5. The third kappa shape index (κ3) is 13.8. The number of ether oxygens (including phenoxy) is 3. The zero-order valence-electron chi connectivity index (χ0n) is 33.5. The van der Waals surface area contributed by atoms with Crippen LogP contribution in [-0.2, 0) is 23.8 Å². The molecule has 6 N–H and O–H groups in total. The average molecular weight is 713 g/mol. The minimum Gasteiger partial charge on any atom is -0.467 e. The second kappa shape index (κ2) is 17.3. The minimum absolute atomic E-state index is 0.00565. The van der Waals surface area contributed by atoms with E-state index in [4.69, 9.17) is 19.9 Å². The van der Waals surface area contributed by atoms with Gasteiger partial charge in [0.2, 0.25) is 5.91 Å². The van der Waals surface area contributed by atoms with Crippen molar-refractivity contribution < 1.29 is 38.2 Å². The fraction of sp³-hybridized carbons (Fsp3) is 0.861. The monoisotopic (exact) mass is 713 g/mol. The molecule has 290 valence electrons. The lowest BCUT2D eigenvalue weighted by Crippen LogP contribution is -2.61. The van der Waals surface area contributed by atoms with Crippen LogP contribution in [0.5, 0.6) is 0 Å². The number of esters is 1. The number of carbonyl (C=O) groups is 5. The average Bonchev–Trinajstić information content (AvgIpc) is 3.25. The summed E-state index contributed by atoms with van der Waals surface area (Å²) < 4.78 is 15.4. The van der Waals surface area contributed by atoms with E-state index < -0.39 is 58.9 Å². The summed E-state index contributed by atoms with van der Waals surface area (Å²) in [6.45, 7) is 29.6.